The molecule has 254 valence electrons. The molecule has 2 aromatic heterocycles. The van der Waals surface area contributed by atoms with Crippen LogP contribution in [-0.4, -0.2) is 32.2 Å². The lowest BCUT2D eigenvalue weighted by Crippen LogP contribution is -2.26. The minimum absolute atomic E-state index is 0.263. The highest BCUT2D eigenvalue weighted by molar-refractivity contribution is 5.42. The van der Waals surface area contributed by atoms with E-state index in [0.29, 0.717) is 24.7 Å². The van der Waals surface area contributed by atoms with Crippen molar-refractivity contribution in [1.82, 2.24) is 19.1 Å². The van der Waals surface area contributed by atoms with Gasteiger partial charge in [-0.1, -0.05) is 128 Å². The molecule has 0 fully saturated rings. The maximum Gasteiger partial charge on any atom is 0.349 e. The lowest BCUT2D eigenvalue weighted by molar-refractivity contribution is 0.580. The molecule has 3 rings (SSSR count). The Balaban J connectivity index is 1.48. The maximum absolute atomic E-state index is 12.9. The van der Waals surface area contributed by atoms with E-state index >= 15 is 0 Å². The van der Waals surface area contributed by atoms with Crippen LogP contribution in [0.15, 0.2) is 46.2 Å². The Morgan fingerprint density at radius 3 is 1.33 bits per heavy atom. The minimum Gasteiger partial charge on any atom is -0.370 e. The molecule has 0 saturated carbocycles. The molecular formula is C38H60N6O2. The molecule has 2 N–H and O–H groups in total. The fraction of sp³-hybridized carbons (Fsp3) is 0.632. The highest BCUT2D eigenvalue weighted by Gasteiger charge is 2.09. The molecule has 0 aliphatic rings. The first-order chi connectivity index (χ1) is 22.4. The Morgan fingerprint density at radius 2 is 0.935 bits per heavy atom. The van der Waals surface area contributed by atoms with E-state index in [1.807, 2.05) is 50.5 Å². The molecule has 0 saturated heterocycles. The number of nitrogens with zero attached hydrogens (tertiary/aromatic N) is 4. The first-order valence-corrected chi connectivity index (χ1v) is 18.1. The van der Waals surface area contributed by atoms with Gasteiger partial charge in [0.05, 0.1) is 13.1 Å². The van der Waals surface area contributed by atoms with Crippen LogP contribution in [0.1, 0.15) is 139 Å². The van der Waals surface area contributed by atoms with Gasteiger partial charge in [-0.2, -0.15) is 9.97 Å². The molecule has 0 atom stereocenters. The summed E-state index contributed by atoms with van der Waals surface area (Å²) < 4.78 is 3.31. The van der Waals surface area contributed by atoms with Gasteiger partial charge in [0.2, 0.25) is 0 Å². The molecule has 46 heavy (non-hydrogen) atoms. The fourth-order valence-corrected chi connectivity index (χ4v) is 5.93. The lowest BCUT2D eigenvalue weighted by Gasteiger charge is -2.13. The molecule has 1 aromatic carbocycles. The molecule has 3 aromatic rings. The molecule has 2 heterocycles. The topological polar surface area (TPSA) is 93.8 Å². The van der Waals surface area contributed by atoms with Crippen LogP contribution >= 0.6 is 0 Å². The van der Waals surface area contributed by atoms with E-state index in [0.717, 1.165) is 48.2 Å². The van der Waals surface area contributed by atoms with Gasteiger partial charge in [0.15, 0.2) is 0 Å². The van der Waals surface area contributed by atoms with Crippen LogP contribution in [0.5, 0.6) is 0 Å². The van der Waals surface area contributed by atoms with Crippen molar-refractivity contribution in [3.8, 4) is 0 Å². The number of aryl methyl sites for hydroxylation is 2. The van der Waals surface area contributed by atoms with E-state index < -0.39 is 0 Å². The Kier molecular flexibility index (Phi) is 17.2. The summed E-state index contributed by atoms with van der Waals surface area (Å²) >= 11 is 0. The van der Waals surface area contributed by atoms with Gasteiger partial charge in [-0.15, -0.1) is 0 Å². The number of hydrogen-bond donors (Lipinski definition) is 2. The molecule has 8 heteroatoms. The third-order valence-corrected chi connectivity index (χ3v) is 8.70. The molecule has 0 aliphatic carbocycles. The number of nitrogens with one attached hydrogen (secondary N) is 2. The van der Waals surface area contributed by atoms with Gasteiger partial charge in [-0.25, -0.2) is 9.59 Å². The predicted octanol–water partition coefficient (Wildman–Crippen LogP) is 8.62. The zero-order valence-corrected chi connectivity index (χ0v) is 29.2. The molecule has 0 aliphatic heterocycles. The number of anilines is 2. The summed E-state index contributed by atoms with van der Waals surface area (Å²) in [6, 6.07) is 8.03. The summed E-state index contributed by atoms with van der Waals surface area (Å²) in [5, 5.41) is 6.73. The maximum atomic E-state index is 12.9. The van der Waals surface area contributed by atoms with Gasteiger partial charge >= 0.3 is 11.4 Å². The summed E-state index contributed by atoms with van der Waals surface area (Å²) in [5.41, 5.74) is 3.36. The minimum atomic E-state index is -0.263. The lowest BCUT2D eigenvalue weighted by atomic mass is 10.1. The average Bonchev–Trinajstić information content (AvgIpc) is 3.04. The molecule has 0 radical (unpaired) electrons. The summed E-state index contributed by atoms with van der Waals surface area (Å²) in [6.45, 7) is 11.0. The van der Waals surface area contributed by atoms with Crippen molar-refractivity contribution in [1.29, 1.82) is 0 Å². The highest BCUT2D eigenvalue weighted by Crippen LogP contribution is 2.14. The van der Waals surface area contributed by atoms with E-state index in [9.17, 15) is 9.59 Å². The third kappa shape index (κ3) is 13.5. The van der Waals surface area contributed by atoms with Crippen molar-refractivity contribution < 1.29 is 0 Å². The standard InChI is InChI=1S/C38H60N6O2/c1-5-7-9-11-13-15-17-19-24-39-35-31(3)27-43(37(45)41-35)29-33-22-21-23-34(26-33)30-44-28-32(4)36(42-38(44)46)40-25-20-18-16-14-12-10-8-6-2/h21-23,26-28H,5-20,24-25,29-30H2,1-4H3,(H,39,41,45)(H,40,42,46). The Hall–Kier alpha value is -3.42. The average molecular weight is 633 g/mol. The van der Waals surface area contributed by atoms with E-state index in [2.05, 4.69) is 34.4 Å². The van der Waals surface area contributed by atoms with Crippen LogP contribution in [-0.2, 0) is 13.1 Å². The second-order valence-electron chi connectivity index (χ2n) is 13.0. The Morgan fingerprint density at radius 1 is 0.565 bits per heavy atom. The smallest absolute Gasteiger partial charge is 0.349 e. The van der Waals surface area contributed by atoms with Crippen LogP contribution in [0.3, 0.4) is 0 Å². The molecular weight excluding hydrogens is 572 g/mol. The SMILES string of the molecule is CCCCCCCCCCNc1nc(=O)n(Cc2cccc(Cn3cc(C)c(NCCCCCCCCCC)nc3=O)c2)cc1C. The van der Waals surface area contributed by atoms with Gasteiger partial charge in [0, 0.05) is 36.6 Å². The van der Waals surface area contributed by atoms with Gasteiger partial charge in [0.1, 0.15) is 11.6 Å². The highest BCUT2D eigenvalue weighted by atomic mass is 16.1. The van der Waals surface area contributed by atoms with E-state index in [1.165, 1.54) is 89.9 Å². The van der Waals surface area contributed by atoms with Crippen molar-refractivity contribution in [2.45, 2.75) is 144 Å². The quantitative estimate of drug-likeness (QED) is 0.0961. The van der Waals surface area contributed by atoms with Crippen LogP contribution in [0.4, 0.5) is 11.6 Å². The van der Waals surface area contributed by atoms with Crippen molar-refractivity contribution in [3.05, 3.63) is 79.9 Å². The van der Waals surface area contributed by atoms with Crippen molar-refractivity contribution in [2.75, 3.05) is 23.7 Å². The molecule has 0 spiro atoms. The second kappa shape index (κ2) is 21.4. The number of hydrogen-bond acceptors (Lipinski definition) is 6. The molecule has 0 unspecified atom stereocenters. The Labute approximate surface area is 277 Å². The molecule has 0 bridgehead atoms. The number of rotatable bonds is 24. The van der Waals surface area contributed by atoms with Crippen molar-refractivity contribution in [2.24, 2.45) is 0 Å². The summed E-state index contributed by atoms with van der Waals surface area (Å²) in [4.78, 5) is 34.4. The monoisotopic (exact) mass is 632 g/mol. The second-order valence-corrected chi connectivity index (χ2v) is 13.0. The summed E-state index contributed by atoms with van der Waals surface area (Å²) in [7, 11) is 0. The number of aromatic nitrogens is 4. The predicted molar refractivity (Wildman–Crippen MR) is 193 cm³/mol. The van der Waals surface area contributed by atoms with E-state index in [1.54, 1.807) is 9.13 Å². The largest absolute Gasteiger partial charge is 0.370 e. The van der Waals surface area contributed by atoms with Gasteiger partial charge in [0.25, 0.3) is 0 Å². The first kappa shape index (κ1) is 37.0. The fourth-order valence-electron chi connectivity index (χ4n) is 5.93. The van der Waals surface area contributed by atoms with Crippen LogP contribution < -0.4 is 22.0 Å². The summed E-state index contributed by atoms with van der Waals surface area (Å²) in [6.07, 6.45) is 24.1. The first-order valence-electron chi connectivity index (χ1n) is 18.1. The van der Waals surface area contributed by atoms with Gasteiger partial charge < -0.3 is 10.6 Å². The van der Waals surface area contributed by atoms with E-state index in [-0.39, 0.29) is 11.4 Å². The van der Waals surface area contributed by atoms with Crippen molar-refractivity contribution >= 4 is 11.6 Å². The van der Waals surface area contributed by atoms with Gasteiger partial charge in [-0.3, -0.25) is 9.13 Å². The third-order valence-electron chi connectivity index (χ3n) is 8.70. The van der Waals surface area contributed by atoms with Crippen LogP contribution in [0.25, 0.3) is 0 Å². The zero-order valence-electron chi connectivity index (χ0n) is 29.2. The normalized spacial score (nSPS) is 11.2. The number of unbranched alkanes of at least 4 members (excludes halogenated alkanes) is 14. The Bertz CT molecular complexity index is 1310. The van der Waals surface area contributed by atoms with Crippen LogP contribution in [0, 0.1) is 13.8 Å². The zero-order chi connectivity index (χ0) is 33.0. The van der Waals surface area contributed by atoms with Crippen molar-refractivity contribution in [3.63, 3.8) is 0 Å². The van der Waals surface area contributed by atoms with E-state index in [4.69, 9.17) is 0 Å². The molecule has 8 nitrogen and oxygen atoms in total. The van der Waals surface area contributed by atoms with Crippen LogP contribution in [0.2, 0.25) is 0 Å². The molecule has 0 amide bonds. The number of benzene rings is 1. The summed E-state index contributed by atoms with van der Waals surface area (Å²) in [5.74, 6) is 1.35. The van der Waals surface area contributed by atoms with Gasteiger partial charge in [-0.05, 0) is 37.8 Å².